The molecule has 3 heterocycles. The van der Waals surface area contributed by atoms with Crippen LogP contribution in [-0.2, 0) is 24.2 Å². The Kier molecular flexibility index (Phi) is 5.34. The third-order valence-corrected chi connectivity index (χ3v) is 7.97. The van der Waals surface area contributed by atoms with E-state index in [-0.39, 0.29) is 16.7 Å². The topological polar surface area (TPSA) is 55.2 Å². The minimum atomic E-state index is -0.222. The van der Waals surface area contributed by atoms with Gasteiger partial charge in [-0.2, -0.15) is 0 Å². The molecule has 0 aromatic carbocycles. The average molecular weight is 406 g/mol. The molecule has 2 aromatic rings. The molecule has 7 heteroatoms. The van der Waals surface area contributed by atoms with Crippen molar-refractivity contribution in [2.75, 3.05) is 13.1 Å². The summed E-state index contributed by atoms with van der Waals surface area (Å²) in [4.78, 5) is 34.9. The van der Waals surface area contributed by atoms with Gasteiger partial charge in [0, 0.05) is 24.5 Å². The summed E-state index contributed by atoms with van der Waals surface area (Å²) in [6.45, 7) is 8.47. The monoisotopic (exact) mass is 405 g/mol. The first-order valence-corrected chi connectivity index (χ1v) is 11.7. The number of carbonyl (C=O) groups excluding carboxylic acids is 1. The van der Waals surface area contributed by atoms with Gasteiger partial charge in [-0.25, -0.2) is 4.98 Å². The van der Waals surface area contributed by atoms with Crippen molar-refractivity contribution in [3.63, 3.8) is 0 Å². The molecular weight excluding hydrogens is 378 g/mol. The molecule has 1 fully saturated rings. The molecule has 1 aliphatic heterocycles. The fourth-order valence-corrected chi connectivity index (χ4v) is 6.66. The van der Waals surface area contributed by atoms with Gasteiger partial charge in [0.25, 0.3) is 5.56 Å². The first-order chi connectivity index (χ1) is 13.0. The van der Waals surface area contributed by atoms with E-state index in [0.29, 0.717) is 17.6 Å². The van der Waals surface area contributed by atoms with Crippen LogP contribution in [-0.4, -0.2) is 38.7 Å². The number of hydrogen-bond acceptors (Lipinski definition) is 5. The lowest BCUT2D eigenvalue weighted by Gasteiger charge is -2.20. The summed E-state index contributed by atoms with van der Waals surface area (Å²) >= 11 is 3.11. The van der Waals surface area contributed by atoms with Gasteiger partial charge in [-0.3, -0.25) is 14.2 Å². The van der Waals surface area contributed by atoms with Crippen LogP contribution in [0.1, 0.15) is 50.5 Å². The first-order valence-electron chi connectivity index (χ1n) is 10.00. The normalized spacial score (nSPS) is 20.9. The highest BCUT2D eigenvalue weighted by atomic mass is 32.2. The van der Waals surface area contributed by atoms with Crippen molar-refractivity contribution in [3.8, 4) is 0 Å². The summed E-state index contributed by atoms with van der Waals surface area (Å²) in [5, 5.41) is 1.29. The lowest BCUT2D eigenvalue weighted by atomic mass is 9.89. The maximum Gasteiger partial charge on any atom is 0.263 e. The van der Waals surface area contributed by atoms with Crippen LogP contribution < -0.4 is 5.56 Å². The van der Waals surface area contributed by atoms with Gasteiger partial charge in [0.05, 0.1) is 10.6 Å². The van der Waals surface area contributed by atoms with Crippen LogP contribution in [0.3, 0.4) is 0 Å². The molecule has 2 atom stereocenters. The van der Waals surface area contributed by atoms with E-state index in [9.17, 15) is 9.59 Å². The summed E-state index contributed by atoms with van der Waals surface area (Å²) in [5.41, 5.74) is 1.29. The van der Waals surface area contributed by atoms with E-state index in [4.69, 9.17) is 4.98 Å². The van der Waals surface area contributed by atoms with E-state index in [1.54, 1.807) is 15.9 Å². The second-order valence-corrected chi connectivity index (χ2v) is 10.2. The maximum absolute atomic E-state index is 13.2. The van der Waals surface area contributed by atoms with Gasteiger partial charge in [0.15, 0.2) is 5.16 Å². The molecule has 4 rings (SSSR count). The zero-order chi connectivity index (χ0) is 19.1. The number of aromatic nitrogens is 2. The predicted octanol–water partition coefficient (Wildman–Crippen LogP) is 3.71. The molecule has 0 bridgehead atoms. The van der Waals surface area contributed by atoms with Crippen LogP contribution in [0.2, 0.25) is 0 Å². The number of nitrogens with zero attached hydrogens (tertiary/aromatic N) is 3. The van der Waals surface area contributed by atoms with Gasteiger partial charge in [-0.05, 0) is 57.4 Å². The van der Waals surface area contributed by atoms with E-state index < -0.39 is 0 Å². The van der Waals surface area contributed by atoms with Gasteiger partial charge in [-0.1, -0.05) is 18.7 Å². The molecule has 0 N–H and O–H groups in total. The molecule has 0 unspecified atom stereocenters. The van der Waals surface area contributed by atoms with Crippen LogP contribution >= 0.6 is 23.1 Å². The van der Waals surface area contributed by atoms with Gasteiger partial charge in [-0.15, -0.1) is 11.3 Å². The number of rotatable bonds is 4. The van der Waals surface area contributed by atoms with Gasteiger partial charge in [0.2, 0.25) is 5.91 Å². The Hall–Kier alpha value is -1.34. The molecular formula is C20H27N3O2S2. The van der Waals surface area contributed by atoms with Gasteiger partial charge < -0.3 is 4.90 Å². The van der Waals surface area contributed by atoms with Crippen LogP contribution in [0.4, 0.5) is 0 Å². The minimum absolute atomic E-state index is 0.0675. The Balaban J connectivity index is 1.70. The average Bonchev–Trinajstić information content (AvgIpc) is 3.28. The Bertz CT molecular complexity index is 927. The number of carbonyl (C=O) groups is 1. The molecule has 1 aliphatic carbocycles. The first kappa shape index (κ1) is 19.0. The third-order valence-electron chi connectivity index (χ3n) is 5.74. The van der Waals surface area contributed by atoms with Crippen LogP contribution in [0.5, 0.6) is 0 Å². The lowest BCUT2D eigenvalue weighted by Crippen LogP contribution is -2.34. The van der Waals surface area contributed by atoms with Gasteiger partial charge >= 0.3 is 0 Å². The summed E-state index contributed by atoms with van der Waals surface area (Å²) in [7, 11) is 0. The predicted molar refractivity (Wildman–Crippen MR) is 112 cm³/mol. The van der Waals surface area contributed by atoms with Crippen molar-refractivity contribution in [1.29, 1.82) is 0 Å². The molecule has 0 spiro atoms. The highest BCUT2D eigenvalue weighted by Gasteiger charge is 2.28. The zero-order valence-corrected chi connectivity index (χ0v) is 17.9. The lowest BCUT2D eigenvalue weighted by molar-refractivity contribution is -0.129. The van der Waals surface area contributed by atoms with Crippen molar-refractivity contribution in [2.24, 2.45) is 5.92 Å². The van der Waals surface area contributed by atoms with Gasteiger partial charge in [0.1, 0.15) is 4.83 Å². The van der Waals surface area contributed by atoms with Crippen LogP contribution in [0.15, 0.2) is 9.95 Å². The maximum atomic E-state index is 13.2. The number of aryl methyl sites for hydroxylation is 1. The molecule has 0 saturated carbocycles. The molecule has 2 aliphatic rings. The molecule has 146 valence electrons. The standard InChI is InChI=1S/C20H27N3O2S2/c1-4-23-19(25)16-14-8-7-12(2)11-15(14)27-17(16)21-20(23)26-13(3)18(24)22-9-5-6-10-22/h12-13H,4-11H2,1-3H3/t12-,13-/m1/s1. The van der Waals surface area contributed by atoms with E-state index in [1.165, 1.54) is 22.2 Å². The Morgan fingerprint density at radius 2 is 2.11 bits per heavy atom. The molecule has 1 saturated heterocycles. The number of fused-ring (bicyclic) bond motifs is 3. The largest absolute Gasteiger partial charge is 0.342 e. The molecule has 5 nitrogen and oxygen atoms in total. The number of thiophene rings is 1. The second-order valence-electron chi connectivity index (χ2n) is 7.77. The SMILES string of the molecule is CCn1c(S[C@H](C)C(=O)N2CCCC2)nc2sc3c(c2c1=O)CC[C@@H](C)C3. The Labute approximate surface area is 168 Å². The van der Waals surface area contributed by atoms with E-state index in [0.717, 1.165) is 55.4 Å². The molecule has 2 aromatic heterocycles. The quantitative estimate of drug-likeness (QED) is 0.575. The summed E-state index contributed by atoms with van der Waals surface area (Å²) in [5.74, 6) is 0.833. The number of hydrogen-bond donors (Lipinski definition) is 0. The van der Waals surface area contributed by atoms with E-state index in [1.807, 2.05) is 18.7 Å². The number of thioether (sulfide) groups is 1. The molecule has 27 heavy (non-hydrogen) atoms. The number of amides is 1. The highest BCUT2D eigenvalue weighted by molar-refractivity contribution is 8.00. The van der Waals surface area contributed by atoms with Crippen molar-refractivity contribution in [2.45, 2.75) is 69.8 Å². The van der Waals surface area contributed by atoms with E-state index in [2.05, 4.69) is 6.92 Å². The fraction of sp³-hybridized carbons (Fsp3) is 0.650. The number of likely N-dealkylation sites (tertiary alicyclic amines) is 1. The molecule has 1 amide bonds. The second kappa shape index (κ2) is 7.59. The Morgan fingerprint density at radius 1 is 1.37 bits per heavy atom. The van der Waals surface area contributed by atoms with Crippen molar-refractivity contribution in [1.82, 2.24) is 14.5 Å². The summed E-state index contributed by atoms with van der Waals surface area (Å²) in [6, 6.07) is 0. The fourth-order valence-electron chi connectivity index (χ4n) is 4.18. The minimum Gasteiger partial charge on any atom is -0.342 e. The highest BCUT2D eigenvalue weighted by Crippen LogP contribution is 2.37. The van der Waals surface area contributed by atoms with Crippen molar-refractivity contribution >= 4 is 39.2 Å². The summed E-state index contributed by atoms with van der Waals surface area (Å²) < 4.78 is 1.76. The van der Waals surface area contributed by atoms with Crippen LogP contribution in [0, 0.1) is 5.92 Å². The zero-order valence-electron chi connectivity index (χ0n) is 16.3. The van der Waals surface area contributed by atoms with E-state index >= 15 is 0 Å². The van der Waals surface area contributed by atoms with Crippen molar-refractivity contribution in [3.05, 3.63) is 20.8 Å². The van der Waals surface area contributed by atoms with Crippen molar-refractivity contribution < 1.29 is 4.79 Å². The summed E-state index contributed by atoms with van der Waals surface area (Å²) in [6.07, 6.45) is 5.35. The van der Waals surface area contributed by atoms with Crippen LogP contribution in [0.25, 0.3) is 10.2 Å². The third kappa shape index (κ3) is 3.44. The molecule has 0 radical (unpaired) electrons. The Morgan fingerprint density at radius 3 is 2.81 bits per heavy atom. The smallest absolute Gasteiger partial charge is 0.263 e.